The predicted molar refractivity (Wildman–Crippen MR) is 109 cm³/mol. The van der Waals surface area contributed by atoms with E-state index in [1.54, 1.807) is 13.0 Å². The number of carbonyl (C=O) groups is 2. The molecule has 4 nitrogen and oxygen atoms in total. The summed E-state index contributed by atoms with van der Waals surface area (Å²) in [5.41, 5.74) is 1.99. The average molecular weight is 372 g/mol. The molecule has 1 aliphatic heterocycles. The topological polar surface area (TPSA) is 52.6 Å². The molecule has 1 fully saturated rings. The van der Waals surface area contributed by atoms with Gasteiger partial charge >= 0.3 is 7.12 Å². The van der Waals surface area contributed by atoms with Crippen molar-refractivity contribution < 1.29 is 18.9 Å². The highest BCUT2D eigenvalue weighted by atomic mass is 32.2. The Kier molecular flexibility index (Phi) is 6.66. The molecule has 0 saturated carbocycles. The third-order valence-electron chi connectivity index (χ3n) is 4.65. The maximum Gasteiger partial charge on any atom is 0.491 e. The van der Waals surface area contributed by atoms with Gasteiger partial charge in [0.15, 0.2) is 5.12 Å². The molecule has 6 heteroatoms. The van der Waals surface area contributed by atoms with Crippen LogP contribution in [-0.4, -0.2) is 35.5 Å². The summed E-state index contributed by atoms with van der Waals surface area (Å²) in [6.45, 7) is 9.60. The van der Waals surface area contributed by atoms with Crippen molar-refractivity contribution in [1.82, 2.24) is 0 Å². The lowest BCUT2D eigenvalue weighted by Gasteiger charge is -2.32. The van der Waals surface area contributed by atoms with Crippen LogP contribution in [-0.2, 0) is 18.9 Å². The van der Waals surface area contributed by atoms with Gasteiger partial charge in [0, 0.05) is 12.7 Å². The normalized spacial score (nSPS) is 19.1. The van der Waals surface area contributed by atoms with E-state index in [1.807, 2.05) is 58.0 Å². The lowest BCUT2D eigenvalue weighted by atomic mass is 9.78. The second-order valence-electron chi connectivity index (χ2n) is 7.25. The highest BCUT2D eigenvalue weighted by Crippen LogP contribution is 2.39. The Morgan fingerprint density at radius 1 is 1.08 bits per heavy atom. The summed E-state index contributed by atoms with van der Waals surface area (Å²) in [6, 6.07) is 7.81. The van der Waals surface area contributed by atoms with E-state index in [2.05, 4.69) is 0 Å². The molecule has 2 rings (SSSR count). The molecule has 1 aromatic carbocycles. The van der Waals surface area contributed by atoms with Crippen molar-refractivity contribution in [1.29, 1.82) is 0 Å². The minimum Gasteiger partial charge on any atom is -0.400 e. The van der Waals surface area contributed by atoms with Crippen LogP contribution in [0.3, 0.4) is 0 Å². The maximum atomic E-state index is 11.4. The Labute approximate surface area is 160 Å². The molecule has 0 spiro atoms. The van der Waals surface area contributed by atoms with Crippen molar-refractivity contribution in [3.8, 4) is 0 Å². The predicted octanol–water partition coefficient (Wildman–Crippen LogP) is 4.19. The molecule has 0 aromatic heterocycles. The first-order valence-electron chi connectivity index (χ1n) is 8.56. The molecule has 0 atom stereocenters. The third kappa shape index (κ3) is 5.19. The third-order valence-corrected chi connectivity index (χ3v) is 5.54. The van der Waals surface area contributed by atoms with E-state index in [1.165, 1.54) is 17.8 Å². The van der Waals surface area contributed by atoms with Crippen LogP contribution in [0.4, 0.5) is 0 Å². The van der Waals surface area contributed by atoms with Crippen molar-refractivity contribution in [2.75, 3.05) is 5.75 Å². The standard InChI is InChI=1S/C20H25BO4S/c1-15(23)26-14-18(21-24-19(2,3)20(4,5)25-21)13-17-10-8-16(9-11-17)7-6-12-22/h6-13H,14H2,1-5H3/b7-6+,18-13?. The van der Waals surface area contributed by atoms with E-state index in [0.29, 0.717) is 5.75 Å². The Bertz CT molecular complexity index is 704. The summed E-state index contributed by atoms with van der Waals surface area (Å²) >= 11 is 1.24. The summed E-state index contributed by atoms with van der Waals surface area (Å²) in [5, 5.41) is 0.0572. The smallest absolute Gasteiger partial charge is 0.400 e. The lowest BCUT2D eigenvalue weighted by Crippen LogP contribution is -2.41. The van der Waals surface area contributed by atoms with Crippen LogP contribution in [0.25, 0.3) is 12.2 Å². The lowest BCUT2D eigenvalue weighted by molar-refractivity contribution is -0.109. The van der Waals surface area contributed by atoms with Crippen molar-refractivity contribution >= 4 is 42.4 Å². The first kappa shape index (κ1) is 20.7. The molecule has 0 amide bonds. The molecular weight excluding hydrogens is 347 g/mol. The van der Waals surface area contributed by atoms with E-state index < -0.39 is 18.3 Å². The summed E-state index contributed by atoms with van der Waals surface area (Å²) in [7, 11) is -0.485. The van der Waals surface area contributed by atoms with E-state index in [9.17, 15) is 9.59 Å². The highest BCUT2D eigenvalue weighted by molar-refractivity contribution is 8.13. The van der Waals surface area contributed by atoms with Crippen LogP contribution in [0.1, 0.15) is 45.7 Å². The van der Waals surface area contributed by atoms with Crippen molar-refractivity contribution in [2.24, 2.45) is 0 Å². The first-order valence-corrected chi connectivity index (χ1v) is 9.54. The molecule has 0 unspecified atom stereocenters. The maximum absolute atomic E-state index is 11.4. The molecule has 1 heterocycles. The number of carbonyl (C=O) groups excluding carboxylic acids is 2. The van der Waals surface area contributed by atoms with Gasteiger partial charge in [0.05, 0.1) is 11.2 Å². The van der Waals surface area contributed by atoms with Crippen molar-refractivity contribution in [2.45, 2.75) is 45.8 Å². The zero-order valence-corrected chi connectivity index (χ0v) is 16.8. The average Bonchev–Trinajstić information content (AvgIpc) is 2.78. The van der Waals surface area contributed by atoms with Gasteiger partial charge in [0.1, 0.15) is 6.29 Å². The SMILES string of the molecule is CC(=O)SCC(=Cc1ccc(/C=C/C=O)cc1)B1OC(C)(C)C(C)(C)O1. The van der Waals surface area contributed by atoms with E-state index in [4.69, 9.17) is 9.31 Å². The monoisotopic (exact) mass is 372 g/mol. The van der Waals surface area contributed by atoms with Gasteiger partial charge in [-0.2, -0.15) is 0 Å². The number of benzene rings is 1. The Morgan fingerprint density at radius 2 is 1.62 bits per heavy atom. The summed E-state index contributed by atoms with van der Waals surface area (Å²) in [4.78, 5) is 21.8. The summed E-state index contributed by atoms with van der Waals surface area (Å²) in [6.07, 6.45) is 5.97. The fourth-order valence-electron chi connectivity index (χ4n) is 2.42. The number of rotatable bonds is 6. The number of hydrogen-bond acceptors (Lipinski definition) is 5. The number of thioether (sulfide) groups is 1. The van der Waals surface area contributed by atoms with Crippen LogP contribution >= 0.6 is 11.8 Å². The van der Waals surface area contributed by atoms with Crippen LogP contribution in [0.5, 0.6) is 0 Å². The molecule has 26 heavy (non-hydrogen) atoms. The van der Waals surface area contributed by atoms with Gasteiger partial charge in [0.2, 0.25) is 0 Å². The molecule has 138 valence electrons. The molecule has 0 aliphatic carbocycles. The zero-order chi connectivity index (χ0) is 19.4. The quantitative estimate of drug-likeness (QED) is 0.426. The number of allylic oxidation sites excluding steroid dienone is 1. The molecule has 1 saturated heterocycles. The molecule has 0 radical (unpaired) electrons. The first-order chi connectivity index (χ1) is 12.1. The largest absolute Gasteiger partial charge is 0.491 e. The molecule has 0 N–H and O–H groups in total. The fourth-order valence-corrected chi connectivity index (χ4v) is 3.01. The second kappa shape index (κ2) is 8.38. The fraction of sp³-hybridized carbons (Fsp3) is 0.400. The van der Waals surface area contributed by atoms with E-state index in [-0.39, 0.29) is 5.12 Å². The van der Waals surface area contributed by atoms with Gasteiger partial charge in [-0.1, -0.05) is 48.2 Å². The van der Waals surface area contributed by atoms with Gasteiger partial charge in [-0.25, -0.2) is 0 Å². The Balaban J connectivity index is 2.27. The van der Waals surface area contributed by atoms with Crippen LogP contribution in [0, 0.1) is 0 Å². The summed E-state index contributed by atoms with van der Waals surface area (Å²) in [5.74, 6) is 0.513. The van der Waals surface area contributed by atoms with Crippen LogP contribution in [0.15, 0.2) is 35.8 Å². The second-order valence-corrected chi connectivity index (χ2v) is 8.40. The van der Waals surface area contributed by atoms with Gasteiger partial charge < -0.3 is 9.31 Å². The van der Waals surface area contributed by atoms with Crippen molar-refractivity contribution in [3.63, 3.8) is 0 Å². The Morgan fingerprint density at radius 3 is 2.12 bits per heavy atom. The zero-order valence-electron chi connectivity index (χ0n) is 15.9. The van der Waals surface area contributed by atoms with Gasteiger partial charge in [-0.15, -0.1) is 0 Å². The Hall–Kier alpha value is -1.63. The van der Waals surface area contributed by atoms with Gasteiger partial charge in [0.25, 0.3) is 0 Å². The molecular formula is C20H25BO4S. The molecule has 1 aromatic rings. The minimum atomic E-state index is -0.485. The van der Waals surface area contributed by atoms with Gasteiger partial charge in [-0.3, -0.25) is 9.59 Å². The van der Waals surface area contributed by atoms with E-state index >= 15 is 0 Å². The molecule has 0 bridgehead atoms. The number of aldehydes is 1. The minimum absolute atomic E-state index is 0.0572. The molecule has 1 aliphatic rings. The summed E-state index contributed by atoms with van der Waals surface area (Å²) < 4.78 is 12.3. The van der Waals surface area contributed by atoms with Gasteiger partial charge in [-0.05, 0) is 50.4 Å². The van der Waals surface area contributed by atoms with E-state index in [0.717, 1.165) is 22.9 Å². The van der Waals surface area contributed by atoms with Crippen LogP contribution in [0.2, 0.25) is 0 Å². The van der Waals surface area contributed by atoms with Crippen LogP contribution < -0.4 is 0 Å². The van der Waals surface area contributed by atoms with Crippen molar-refractivity contribution in [3.05, 3.63) is 46.9 Å². The number of hydrogen-bond donors (Lipinski definition) is 0. The highest BCUT2D eigenvalue weighted by Gasteiger charge is 2.52.